The SMILES string of the molecule is CC[C@@H]1C[C@@H](OC(=O)NCC#N)C[C@@H]1c1nnc2cnc3[nH]ccc3n12. The fourth-order valence-corrected chi connectivity index (χ4v) is 3.88. The van der Waals surface area contributed by atoms with Crippen molar-refractivity contribution in [2.24, 2.45) is 5.92 Å². The number of H-pyrrole nitrogens is 1. The maximum atomic E-state index is 11.8. The van der Waals surface area contributed by atoms with Gasteiger partial charge in [-0.25, -0.2) is 9.78 Å². The lowest BCUT2D eigenvalue weighted by atomic mass is 9.93. The van der Waals surface area contributed by atoms with E-state index in [4.69, 9.17) is 10.00 Å². The lowest BCUT2D eigenvalue weighted by Gasteiger charge is -2.15. The maximum Gasteiger partial charge on any atom is 0.408 e. The molecule has 2 N–H and O–H groups in total. The Balaban J connectivity index is 1.62. The Bertz CT molecular complexity index is 986. The van der Waals surface area contributed by atoms with E-state index in [0.29, 0.717) is 18.0 Å². The molecule has 1 saturated carbocycles. The van der Waals surface area contributed by atoms with Crippen molar-refractivity contribution in [3.05, 3.63) is 24.3 Å². The van der Waals surface area contributed by atoms with Gasteiger partial charge in [-0.15, -0.1) is 10.2 Å². The maximum absolute atomic E-state index is 11.8. The first-order valence-corrected chi connectivity index (χ1v) is 8.69. The van der Waals surface area contributed by atoms with Gasteiger partial charge in [0.25, 0.3) is 0 Å². The lowest BCUT2D eigenvalue weighted by molar-refractivity contribution is 0.0991. The van der Waals surface area contributed by atoms with E-state index in [2.05, 4.69) is 32.4 Å². The van der Waals surface area contributed by atoms with Crippen LogP contribution in [0.1, 0.15) is 37.9 Å². The summed E-state index contributed by atoms with van der Waals surface area (Å²) >= 11 is 0. The number of hydrogen-bond donors (Lipinski definition) is 2. The first-order chi connectivity index (χ1) is 12.7. The molecule has 26 heavy (non-hydrogen) atoms. The molecule has 9 nitrogen and oxygen atoms in total. The largest absolute Gasteiger partial charge is 0.446 e. The van der Waals surface area contributed by atoms with E-state index in [9.17, 15) is 4.79 Å². The van der Waals surface area contributed by atoms with E-state index in [1.165, 1.54) is 0 Å². The van der Waals surface area contributed by atoms with Crippen LogP contribution in [0.15, 0.2) is 18.5 Å². The average molecular weight is 353 g/mol. The summed E-state index contributed by atoms with van der Waals surface area (Å²) in [6.07, 6.45) is 5.23. The molecule has 0 unspecified atom stereocenters. The third kappa shape index (κ3) is 2.73. The predicted molar refractivity (Wildman–Crippen MR) is 92.3 cm³/mol. The zero-order valence-corrected chi connectivity index (χ0v) is 14.3. The zero-order chi connectivity index (χ0) is 18.1. The molecule has 0 bridgehead atoms. The number of aromatic amines is 1. The fourth-order valence-electron chi connectivity index (χ4n) is 3.88. The van der Waals surface area contributed by atoms with Crippen molar-refractivity contribution in [1.29, 1.82) is 5.26 Å². The number of alkyl carbamates (subject to hydrolysis) is 1. The summed E-state index contributed by atoms with van der Waals surface area (Å²) in [6.45, 7) is 2.08. The fraction of sp³-hybridized carbons (Fsp3) is 0.471. The molecule has 0 aromatic carbocycles. The number of nitriles is 1. The molecular formula is C17H19N7O2. The van der Waals surface area contributed by atoms with Crippen LogP contribution in [0.25, 0.3) is 16.8 Å². The zero-order valence-electron chi connectivity index (χ0n) is 14.3. The second-order valence-corrected chi connectivity index (χ2v) is 6.51. The van der Waals surface area contributed by atoms with Gasteiger partial charge in [-0.3, -0.25) is 4.40 Å². The van der Waals surface area contributed by atoms with Crippen LogP contribution in [-0.2, 0) is 4.74 Å². The Morgan fingerprint density at radius 2 is 2.38 bits per heavy atom. The van der Waals surface area contributed by atoms with Crippen molar-refractivity contribution < 1.29 is 9.53 Å². The summed E-state index contributed by atoms with van der Waals surface area (Å²) < 4.78 is 7.51. The highest BCUT2D eigenvalue weighted by atomic mass is 16.6. The number of ether oxygens (including phenoxy) is 1. The average Bonchev–Trinajstić information content (AvgIpc) is 3.35. The topological polar surface area (TPSA) is 121 Å². The highest BCUT2D eigenvalue weighted by Crippen LogP contribution is 2.42. The number of carbonyl (C=O) groups excluding carboxylic acids is 1. The molecule has 9 heteroatoms. The molecule has 3 aromatic rings. The first kappa shape index (κ1) is 16.3. The van der Waals surface area contributed by atoms with E-state index in [1.807, 2.05) is 22.7 Å². The summed E-state index contributed by atoms with van der Waals surface area (Å²) in [5.41, 5.74) is 2.43. The number of aromatic nitrogens is 5. The molecule has 0 radical (unpaired) electrons. The van der Waals surface area contributed by atoms with Crippen molar-refractivity contribution >= 4 is 22.9 Å². The molecule has 1 amide bonds. The van der Waals surface area contributed by atoms with Crippen molar-refractivity contribution in [1.82, 2.24) is 29.9 Å². The quantitative estimate of drug-likeness (QED) is 0.693. The molecule has 0 aliphatic heterocycles. The van der Waals surface area contributed by atoms with Gasteiger partial charge in [-0.05, 0) is 24.8 Å². The first-order valence-electron chi connectivity index (χ1n) is 8.69. The van der Waals surface area contributed by atoms with Gasteiger partial charge in [-0.1, -0.05) is 13.3 Å². The number of nitrogens with one attached hydrogen (secondary N) is 2. The van der Waals surface area contributed by atoms with Gasteiger partial charge in [0.05, 0.1) is 17.8 Å². The van der Waals surface area contributed by atoms with Crippen LogP contribution in [0, 0.1) is 17.2 Å². The van der Waals surface area contributed by atoms with Crippen LogP contribution >= 0.6 is 0 Å². The Morgan fingerprint density at radius 3 is 3.19 bits per heavy atom. The summed E-state index contributed by atoms with van der Waals surface area (Å²) in [4.78, 5) is 19.2. The van der Waals surface area contributed by atoms with E-state index < -0.39 is 6.09 Å². The number of hydrogen-bond acceptors (Lipinski definition) is 6. The Kier molecular flexibility index (Phi) is 4.16. The van der Waals surface area contributed by atoms with Crippen molar-refractivity contribution in [2.75, 3.05) is 6.54 Å². The monoisotopic (exact) mass is 353 g/mol. The molecule has 3 heterocycles. The Labute approximate surface area is 149 Å². The molecule has 4 rings (SSSR count). The molecule has 0 spiro atoms. The number of amides is 1. The van der Waals surface area contributed by atoms with Crippen LogP contribution < -0.4 is 5.32 Å². The highest BCUT2D eigenvalue weighted by molar-refractivity contribution is 5.74. The van der Waals surface area contributed by atoms with Crippen molar-refractivity contribution in [2.45, 2.75) is 38.2 Å². The smallest absolute Gasteiger partial charge is 0.408 e. The van der Waals surface area contributed by atoms with Gasteiger partial charge in [0.2, 0.25) is 0 Å². The molecule has 3 aromatic heterocycles. The molecule has 1 aliphatic carbocycles. The van der Waals surface area contributed by atoms with Crippen molar-refractivity contribution in [3.8, 4) is 6.07 Å². The standard InChI is InChI=1S/C17H19N7O2/c1-2-10-7-11(26-17(25)20-6-4-18)8-12(10)16-23-22-14-9-21-15-13(24(14)16)3-5-19-15/h3,5,9-12,19H,2,6-8H2,1H3,(H,20,25)/t10-,11-,12+/m1/s1. The van der Waals surface area contributed by atoms with Crippen LogP contribution in [0.5, 0.6) is 0 Å². The van der Waals surface area contributed by atoms with E-state index in [0.717, 1.165) is 29.8 Å². The second-order valence-electron chi connectivity index (χ2n) is 6.51. The van der Waals surface area contributed by atoms with Crippen LogP contribution in [-0.4, -0.2) is 43.3 Å². The third-order valence-corrected chi connectivity index (χ3v) is 5.06. The van der Waals surface area contributed by atoms with Gasteiger partial charge in [-0.2, -0.15) is 5.26 Å². The van der Waals surface area contributed by atoms with Gasteiger partial charge in [0.15, 0.2) is 11.3 Å². The summed E-state index contributed by atoms with van der Waals surface area (Å²) in [6, 6.07) is 3.83. The van der Waals surface area contributed by atoms with Gasteiger partial charge in [0, 0.05) is 12.1 Å². The highest BCUT2D eigenvalue weighted by Gasteiger charge is 2.39. The lowest BCUT2D eigenvalue weighted by Crippen LogP contribution is -2.28. The minimum Gasteiger partial charge on any atom is -0.446 e. The third-order valence-electron chi connectivity index (χ3n) is 5.06. The van der Waals surface area contributed by atoms with E-state index in [1.54, 1.807) is 6.20 Å². The van der Waals surface area contributed by atoms with Gasteiger partial charge < -0.3 is 15.0 Å². The minimum atomic E-state index is -0.546. The molecule has 0 saturated heterocycles. The second kappa shape index (κ2) is 6.63. The summed E-state index contributed by atoms with van der Waals surface area (Å²) in [5.74, 6) is 1.37. The van der Waals surface area contributed by atoms with Crippen molar-refractivity contribution in [3.63, 3.8) is 0 Å². The number of nitrogens with zero attached hydrogens (tertiary/aromatic N) is 5. The Morgan fingerprint density at radius 1 is 1.50 bits per heavy atom. The number of fused-ring (bicyclic) bond motifs is 3. The van der Waals surface area contributed by atoms with Crippen LogP contribution in [0.3, 0.4) is 0 Å². The summed E-state index contributed by atoms with van der Waals surface area (Å²) in [5, 5.41) is 19.7. The normalized spacial score (nSPS) is 22.5. The molecule has 1 aliphatic rings. The molecule has 134 valence electrons. The predicted octanol–water partition coefficient (Wildman–Crippen LogP) is 2.13. The minimum absolute atomic E-state index is 0.0561. The van der Waals surface area contributed by atoms with Gasteiger partial charge in [0.1, 0.15) is 18.5 Å². The molecule has 1 fully saturated rings. The Hall–Kier alpha value is -3.15. The van der Waals surface area contributed by atoms with Crippen LogP contribution in [0.4, 0.5) is 4.79 Å². The van der Waals surface area contributed by atoms with E-state index >= 15 is 0 Å². The number of rotatable bonds is 4. The van der Waals surface area contributed by atoms with Crippen LogP contribution in [0.2, 0.25) is 0 Å². The number of carbonyl (C=O) groups is 1. The molecular weight excluding hydrogens is 334 g/mol. The van der Waals surface area contributed by atoms with Gasteiger partial charge >= 0.3 is 6.09 Å². The van der Waals surface area contributed by atoms with E-state index in [-0.39, 0.29) is 18.6 Å². The summed E-state index contributed by atoms with van der Waals surface area (Å²) in [7, 11) is 0. The molecule has 3 atom stereocenters.